The fraction of sp³-hybridized carbons (Fsp3) is 0.571. The maximum Gasteiger partial charge on any atom is 0.208 e. The van der Waals surface area contributed by atoms with Crippen LogP contribution in [-0.2, 0) is 16.4 Å². The predicted molar refractivity (Wildman–Crippen MR) is 82.6 cm³/mol. The molecule has 0 aromatic heterocycles. The minimum absolute atomic E-state index is 0.0650. The van der Waals surface area contributed by atoms with E-state index < -0.39 is 10.0 Å². The standard InChI is InChI=1S/C14H20ClFN2O2S/c1-21(19,20)17-11-4-3-8-18(10-11)9-7-12-13(15)5-2-6-14(12)16/h2,5-6,11,17H,3-4,7-10H2,1H3. The van der Waals surface area contributed by atoms with Gasteiger partial charge in [-0.25, -0.2) is 17.5 Å². The van der Waals surface area contributed by atoms with Crippen LogP contribution in [-0.4, -0.2) is 45.2 Å². The maximum absolute atomic E-state index is 13.7. The number of halogens is 2. The Hall–Kier alpha value is -0.690. The van der Waals surface area contributed by atoms with E-state index >= 15 is 0 Å². The van der Waals surface area contributed by atoms with Gasteiger partial charge in [0.25, 0.3) is 0 Å². The van der Waals surface area contributed by atoms with Crippen molar-refractivity contribution in [3.8, 4) is 0 Å². The molecule has 1 unspecified atom stereocenters. The summed E-state index contributed by atoms with van der Waals surface area (Å²) in [6.07, 6.45) is 3.46. The third kappa shape index (κ3) is 5.21. The number of hydrogen-bond donors (Lipinski definition) is 1. The van der Waals surface area contributed by atoms with Crippen molar-refractivity contribution in [2.75, 3.05) is 25.9 Å². The van der Waals surface area contributed by atoms with E-state index in [1.54, 1.807) is 12.1 Å². The lowest BCUT2D eigenvalue weighted by Crippen LogP contribution is -2.47. The zero-order valence-electron chi connectivity index (χ0n) is 12.0. The molecule has 0 aliphatic carbocycles. The van der Waals surface area contributed by atoms with E-state index in [1.807, 2.05) is 0 Å². The molecule has 0 amide bonds. The second kappa shape index (κ2) is 7.05. The van der Waals surface area contributed by atoms with Gasteiger partial charge in [-0.05, 0) is 37.9 Å². The number of rotatable bonds is 5. The minimum atomic E-state index is -3.19. The van der Waals surface area contributed by atoms with E-state index in [1.165, 1.54) is 12.3 Å². The molecule has 1 aliphatic rings. The molecule has 0 radical (unpaired) electrons. The zero-order valence-corrected chi connectivity index (χ0v) is 13.6. The molecule has 2 rings (SSSR count). The van der Waals surface area contributed by atoms with Crippen molar-refractivity contribution in [1.29, 1.82) is 0 Å². The van der Waals surface area contributed by atoms with Crippen molar-refractivity contribution >= 4 is 21.6 Å². The first-order valence-electron chi connectivity index (χ1n) is 6.98. The number of nitrogens with zero attached hydrogens (tertiary/aromatic N) is 1. The third-order valence-electron chi connectivity index (χ3n) is 3.63. The summed E-state index contributed by atoms with van der Waals surface area (Å²) in [4.78, 5) is 2.15. The van der Waals surface area contributed by atoms with Gasteiger partial charge in [0.15, 0.2) is 0 Å². The van der Waals surface area contributed by atoms with Crippen molar-refractivity contribution in [2.24, 2.45) is 0 Å². The second-order valence-electron chi connectivity index (χ2n) is 5.48. The number of sulfonamides is 1. The Morgan fingerprint density at radius 2 is 2.24 bits per heavy atom. The first-order chi connectivity index (χ1) is 9.85. The van der Waals surface area contributed by atoms with E-state index in [-0.39, 0.29) is 11.9 Å². The van der Waals surface area contributed by atoms with Crippen LogP contribution in [0.3, 0.4) is 0 Å². The van der Waals surface area contributed by atoms with Gasteiger partial charge in [-0.2, -0.15) is 0 Å². The largest absolute Gasteiger partial charge is 0.301 e. The summed E-state index contributed by atoms with van der Waals surface area (Å²) in [6.45, 7) is 2.22. The van der Waals surface area contributed by atoms with E-state index in [0.29, 0.717) is 30.1 Å². The highest BCUT2D eigenvalue weighted by Crippen LogP contribution is 2.20. The van der Waals surface area contributed by atoms with Crippen LogP contribution in [0.15, 0.2) is 18.2 Å². The molecular weight excluding hydrogens is 315 g/mol. The summed E-state index contributed by atoms with van der Waals surface area (Å²) >= 11 is 6.01. The van der Waals surface area contributed by atoms with Crippen LogP contribution in [0.1, 0.15) is 18.4 Å². The van der Waals surface area contributed by atoms with Crippen LogP contribution in [0, 0.1) is 5.82 Å². The molecule has 1 aromatic carbocycles. The quantitative estimate of drug-likeness (QED) is 0.896. The number of benzene rings is 1. The van der Waals surface area contributed by atoms with E-state index in [2.05, 4.69) is 9.62 Å². The average molecular weight is 335 g/mol. The van der Waals surface area contributed by atoms with Gasteiger partial charge < -0.3 is 4.90 Å². The first kappa shape index (κ1) is 16.7. The van der Waals surface area contributed by atoms with Crippen molar-refractivity contribution in [1.82, 2.24) is 9.62 Å². The van der Waals surface area contributed by atoms with Crippen LogP contribution in [0.2, 0.25) is 5.02 Å². The van der Waals surface area contributed by atoms with Gasteiger partial charge in [0, 0.05) is 29.7 Å². The van der Waals surface area contributed by atoms with Gasteiger partial charge in [-0.15, -0.1) is 0 Å². The van der Waals surface area contributed by atoms with Crippen LogP contribution < -0.4 is 4.72 Å². The number of hydrogen-bond acceptors (Lipinski definition) is 3. The summed E-state index contributed by atoms with van der Waals surface area (Å²) in [6, 6.07) is 4.62. The lowest BCUT2D eigenvalue weighted by Gasteiger charge is -2.32. The number of likely N-dealkylation sites (tertiary alicyclic amines) is 1. The molecule has 4 nitrogen and oxygen atoms in total. The molecule has 0 saturated carbocycles. The number of piperidine rings is 1. The predicted octanol–water partition coefficient (Wildman–Crippen LogP) is 2.04. The van der Waals surface area contributed by atoms with Crippen molar-refractivity contribution in [2.45, 2.75) is 25.3 Å². The summed E-state index contributed by atoms with van der Waals surface area (Å²) in [7, 11) is -3.19. The Balaban J connectivity index is 1.91. The summed E-state index contributed by atoms with van der Waals surface area (Å²) < 4.78 is 38.9. The molecule has 1 fully saturated rings. The van der Waals surface area contributed by atoms with E-state index in [9.17, 15) is 12.8 Å². The highest BCUT2D eigenvalue weighted by atomic mass is 35.5. The van der Waals surface area contributed by atoms with Gasteiger partial charge in [-0.3, -0.25) is 0 Å². The van der Waals surface area contributed by atoms with Gasteiger partial charge in [0.2, 0.25) is 10.0 Å². The normalized spacial score (nSPS) is 20.6. The summed E-state index contributed by atoms with van der Waals surface area (Å²) in [5, 5.41) is 0.442. The van der Waals surface area contributed by atoms with E-state index in [0.717, 1.165) is 19.4 Å². The summed E-state index contributed by atoms with van der Waals surface area (Å²) in [5.41, 5.74) is 0.525. The Bertz CT molecular complexity index is 574. The molecule has 0 bridgehead atoms. The number of nitrogens with one attached hydrogen (secondary N) is 1. The fourth-order valence-electron chi connectivity index (χ4n) is 2.70. The lowest BCUT2D eigenvalue weighted by molar-refractivity contribution is 0.203. The van der Waals surface area contributed by atoms with Crippen LogP contribution in [0.5, 0.6) is 0 Å². The van der Waals surface area contributed by atoms with E-state index in [4.69, 9.17) is 11.6 Å². The molecule has 21 heavy (non-hydrogen) atoms. The Morgan fingerprint density at radius 1 is 1.48 bits per heavy atom. The molecule has 1 atom stereocenters. The van der Waals surface area contributed by atoms with Crippen molar-refractivity contribution < 1.29 is 12.8 Å². The van der Waals surface area contributed by atoms with Gasteiger partial charge >= 0.3 is 0 Å². The first-order valence-corrected chi connectivity index (χ1v) is 9.24. The second-order valence-corrected chi connectivity index (χ2v) is 7.67. The topological polar surface area (TPSA) is 49.4 Å². The Morgan fingerprint density at radius 3 is 2.90 bits per heavy atom. The molecule has 118 valence electrons. The monoisotopic (exact) mass is 334 g/mol. The molecule has 0 spiro atoms. The van der Waals surface area contributed by atoms with Gasteiger partial charge in [-0.1, -0.05) is 17.7 Å². The van der Waals surface area contributed by atoms with Crippen molar-refractivity contribution in [3.63, 3.8) is 0 Å². The Labute approximate surface area is 130 Å². The SMILES string of the molecule is CS(=O)(=O)NC1CCCN(CCc2c(F)cccc2Cl)C1. The summed E-state index contributed by atoms with van der Waals surface area (Å²) in [5.74, 6) is -0.287. The lowest BCUT2D eigenvalue weighted by atomic mass is 10.1. The maximum atomic E-state index is 13.7. The van der Waals surface area contributed by atoms with Gasteiger partial charge in [0.1, 0.15) is 5.82 Å². The molecule has 7 heteroatoms. The average Bonchev–Trinajstić information content (AvgIpc) is 2.36. The van der Waals surface area contributed by atoms with Crippen LogP contribution in [0.4, 0.5) is 4.39 Å². The zero-order chi connectivity index (χ0) is 15.5. The molecule has 1 aromatic rings. The van der Waals surface area contributed by atoms with Gasteiger partial charge in [0.05, 0.1) is 6.26 Å². The molecular formula is C14H20ClFN2O2S. The molecule has 1 N–H and O–H groups in total. The highest BCUT2D eigenvalue weighted by Gasteiger charge is 2.22. The highest BCUT2D eigenvalue weighted by molar-refractivity contribution is 7.88. The molecule has 1 heterocycles. The van der Waals surface area contributed by atoms with Crippen LogP contribution >= 0.6 is 11.6 Å². The Kier molecular flexibility index (Phi) is 5.60. The van der Waals surface area contributed by atoms with Crippen LogP contribution in [0.25, 0.3) is 0 Å². The minimum Gasteiger partial charge on any atom is -0.301 e. The molecule has 1 aliphatic heterocycles. The third-order valence-corrected chi connectivity index (χ3v) is 4.74. The smallest absolute Gasteiger partial charge is 0.208 e. The fourth-order valence-corrected chi connectivity index (χ4v) is 3.75. The molecule has 1 saturated heterocycles. The van der Waals surface area contributed by atoms with Crippen molar-refractivity contribution in [3.05, 3.63) is 34.6 Å².